The number of nitrogen functional groups attached to an aromatic ring is 1. The molecule has 2 aliphatic rings. The van der Waals surface area contributed by atoms with E-state index in [0.717, 1.165) is 11.1 Å². The number of carbonyl (C=O) groups is 1. The van der Waals surface area contributed by atoms with Crippen LogP contribution in [0.25, 0.3) is 21.7 Å². The summed E-state index contributed by atoms with van der Waals surface area (Å²) < 4.78 is 27.5. The fourth-order valence-corrected chi connectivity index (χ4v) is 7.06. The lowest BCUT2D eigenvalue weighted by Gasteiger charge is -2.42. The van der Waals surface area contributed by atoms with Crippen molar-refractivity contribution in [2.45, 2.75) is 62.4 Å². The standard InChI is InChI=1S/C32H31N5O6Si/c1-30(2,3)44-43-32(18-11-7-5-8-12-18,19-13-9-6-10-14-19)26-25-31(4,42-29(39)41-25)28(40-26)37-17-21-22(33)15-20-24(21)23(36-37)16-34-35-27(20)38/h5-17,25-26,28H,33H2,1-4H3,(H,35,38). The summed E-state index contributed by atoms with van der Waals surface area (Å²) in [5, 5.41) is 12.7. The molecule has 4 heterocycles. The first-order valence-electron chi connectivity index (χ1n) is 14.3. The number of aromatic nitrogens is 4. The highest BCUT2D eigenvalue weighted by molar-refractivity contribution is 6.32. The molecule has 0 aliphatic carbocycles. The fourth-order valence-electron chi connectivity index (χ4n) is 6.24. The van der Waals surface area contributed by atoms with Gasteiger partial charge in [-0.3, -0.25) is 4.79 Å². The lowest BCUT2D eigenvalue weighted by atomic mass is 9.77. The van der Waals surface area contributed by atoms with Gasteiger partial charge in [0.2, 0.25) is 9.76 Å². The number of H-pyrrole nitrogens is 1. The van der Waals surface area contributed by atoms with Crippen molar-refractivity contribution in [1.82, 2.24) is 20.0 Å². The second-order valence-electron chi connectivity index (χ2n) is 12.4. The van der Waals surface area contributed by atoms with Crippen LogP contribution in [0.4, 0.5) is 10.5 Å². The molecule has 5 aromatic rings. The van der Waals surface area contributed by atoms with Crippen LogP contribution in [-0.2, 0) is 24.2 Å². The van der Waals surface area contributed by atoms with Gasteiger partial charge in [0.25, 0.3) is 5.56 Å². The summed E-state index contributed by atoms with van der Waals surface area (Å²) in [6.07, 6.45) is -0.361. The predicted molar refractivity (Wildman–Crippen MR) is 164 cm³/mol. The van der Waals surface area contributed by atoms with E-state index in [2.05, 4.69) is 31.0 Å². The van der Waals surface area contributed by atoms with Gasteiger partial charge in [-0.05, 0) is 29.2 Å². The van der Waals surface area contributed by atoms with E-state index < -0.39 is 35.8 Å². The Hall–Kier alpha value is -4.52. The predicted octanol–water partition coefficient (Wildman–Crippen LogP) is 4.84. The number of hydrogen-bond donors (Lipinski definition) is 2. The molecule has 0 bridgehead atoms. The van der Waals surface area contributed by atoms with E-state index in [1.54, 1.807) is 23.9 Å². The lowest BCUT2D eigenvalue weighted by molar-refractivity contribution is -0.135. The van der Waals surface area contributed by atoms with Crippen molar-refractivity contribution in [3.8, 4) is 0 Å². The number of rotatable bonds is 6. The number of nitrogens with two attached hydrogens (primary N) is 1. The van der Waals surface area contributed by atoms with Crippen LogP contribution in [0.3, 0.4) is 0 Å². The van der Waals surface area contributed by atoms with Crippen LogP contribution >= 0.6 is 0 Å². The molecule has 3 aromatic carbocycles. The molecule has 3 N–H and O–H groups in total. The maximum absolute atomic E-state index is 12.9. The maximum Gasteiger partial charge on any atom is 0.509 e. The molecule has 4 atom stereocenters. The normalized spacial score (nSPS) is 23.5. The Labute approximate surface area is 255 Å². The highest BCUT2D eigenvalue weighted by Crippen LogP contribution is 2.54. The largest absolute Gasteiger partial charge is 0.509 e. The van der Waals surface area contributed by atoms with E-state index in [4.69, 9.17) is 29.5 Å². The number of carbonyl (C=O) groups excluding carboxylic acids is 1. The van der Waals surface area contributed by atoms with Gasteiger partial charge in [-0.25, -0.2) is 14.6 Å². The monoisotopic (exact) mass is 609 g/mol. The summed E-state index contributed by atoms with van der Waals surface area (Å²) in [4.78, 5) is 25.5. The molecule has 2 aromatic heterocycles. The molecule has 2 saturated heterocycles. The Balaban J connectivity index is 1.46. The summed E-state index contributed by atoms with van der Waals surface area (Å²) in [5.74, 6) is 0. The average Bonchev–Trinajstić information content (AvgIpc) is 3.55. The summed E-state index contributed by atoms with van der Waals surface area (Å²) >= 11 is 0. The quantitative estimate of drug-likeness (QED) is 0.204. The van der Waals surface area contributed by atoms with Crippen LogP contribution in [-0.4, -0.2) is 53.7 Å². The number of fused-ring (bicyclic) bond motifs is 1. The van der Waals surface area contributed by atoms with Gasteiger partial charge < -0.3 is 24.4 Å². The Morgan fingerprint density at radius 2 is 1.68 bits per heavy atom. The molecule has 44 heavy (non-hydrogen) atoms. The number of benzene rings is 2. The van der Waals surface area contributed by atoms with Crippen molar-refractivity contribution < 1.29 is 23.4 Å². The molecule has 0 spiro atoms. The summed E-state index contributed by atoms with van der Waals surface area (Å²) in [6, 6.07) is 21.2. The van der Waals surface area contributed by atoms with Crippen molar-refractivity contribution in [2.24, 2.45) is 0 Å². The number of nitrogens with zero attached hydrogens (tertiary/aromatic N) is 3. The van der Waals surface area contributed by atoms with Crippen molar-refractivity contribution in [3.63, 3.8) is 0 Å². The van der Waals surface area contributed by atoms with Gasteiger partial charge in [-0.2, -0.15) is 10.2 Å². The summed E-state index contributed by atoms with van der Waals surface area (Å²) in [7, 11) is 0.0505. The SMILES string of the molecule is CC(C)(C)[Si]OC(c1ccccc1)(c1ccccc1)C1OC(n2cc3c(N)cc4c(=O)[nH]ncc(n2)c34)C2(C)OC(=O)OC12. The third-order valence-electron chi connectivity index (χ3n) is 8.18. The zero-order valence-corrected chi connectivity index (χ0v) is 25.6. The molecule has 12 heteroatoms. The Morgan fingerprint density at radius 3 is 2.32 bits per heavy atom. The average molecular weight is 610 g/mol. The molecule has 2 fully saturated rings. The van der Waals surface area contributed by atoms with Crippen LogP contribution in [0.15, 0.2) is 83.9 Å². The molecular formula is C32H31N5O6Si. The molecule has 224 valence electrons. The summed E-state index contributed by atoms with van der Waals surface area (Å²) in [6.45, 7) is 8.10. The second-order valence-corrected chi connectivity index (χ2v) is 14.3. The molecule has 7 rings (SSSR count). The van der Waals surface area contributed by atoms with Crippen molar-refractivity contribution in [3.05, 3.63) is 101 Å². The minimum atomic E-state index is -1.32. The van der Waals surface area contributed by atoms with E-state index in [0.29, 0.717) is 27.4 Å². The number of aromatic amines is 1. The smallest absolute Gasteiger partial charge is 0.424 e. The first kappa shape index (κ1) is 28.3. The third-order valence-corrected chi connectivity index (χ3v) is 9.22. The van der Waals surface area contributed by atoms with E-state index in [1.807, 2.05) is 60.7 Å². The van der Waals surface area contributed by atoms with Gasteiger partial charge in [0, 0.05) is 22.7 Å². The maximum atomic E-state index is 12.9. The van der Waals surface area contributed by atoms with Crippen LogP contribution in [0.2, 0.25) is 5.04 Å². The Bertz CT molecular complexity index is 1900. The molecule has 11 nitrogen and oxygen atoms in total. The zero-order valence-electron chi connectivity index (χ0n) is 24.6. The number of ether oxygens (including phenoxy) is 3. The van der Waals surface area contributed by atoms with Gasteiger partial charge in [-0.1, -0.05) is 81.4 Å². The van der Waals surface area contributed by atoms with Crippen LogP contribution in [0.1, 0.15) is 45.0 Å². The van der Waals surface area contributed by atoms with Gasteiger partial charge >= 0.3 is 6.16 Å². The lowest BCUT2D eigenvalue weighted by Crippen LogP contribution is -2.52. The first-order valence-corrected chi connectivity index (χ1v) is 15.2. The first-order chi connectivity index (χ1) is 21.0. The molecule has 0 saturated carbocycles. The number of hydrogen-bond acceptors (Lipinski definition) is 9. The van der Waals surface area contributed by atoms with E-state index in [1.165, 1.54) is 6.20 Å². The van der Waals surface area contributed by atoms with Crippen molar-refractivity contribution in [1.29, 1.82) is 0 Å². The van der Waals surface area contributed by atoms with Crippen molar-refractivity contribution >= 4 is 43.3 Å². The molecule has 2 aliphatic heterocycles. The minimum Gasteiger partial charge on any atom is -0.424 e. The van der Waals surface area contributed by atoms with Gasteiger partial charge in [0.05, 0.1) is 11.6 Å². The molecular weight excluding hydrogens is 578 g/mol. The van der Waals surface area contributed by atoms with Crippen LogP contribution < -0.4 is 11.3 Å². The van der Waals surface area contributed by atoms with Gasteiger partial charge in [0.1, 0.15) is 17.2 Å². The third kappa shape index (κ3) is 4.32. The van der Waals surface area contributed by atoms with Crippen LogP contribution in [0, 0.1) is 0 Å². The Kier molecular flexibility index (Phi) is 6.43. The number of anilines is 1. The molecule has 0 amide bonds. The summed E-state index contributed by atoms with van der Waals surface area (Å²) in [5.41, 5.74) is 5.96. The molecule has 2 radical (unpaired) electrons. The molecule has 4 unspecified atom stereocenters. The second kappa shape index (κ2) is 10.0. The topological polar surface area (TPSA) is 144 Å². The minimum absolute atomic E-state index is 0.0505. The van der Waals surface area contributed by atoms with E-state index in [9.17, 15) is 9.59 Å². The highest BCUT2D eigenvalue weighted by atomic mass is 28.2. The number of nitrogens with one attached hydrogen (secondary N) is 1. The van der Waals surface area contributed by atoms with Gasteiger partial charge in [-0.15, -0.1) is 0 Å². The van der Waals surface area contributed by atoms with E-state index >= 15 is 0 Å². The van der Waals surface area contributed by atoms with Gasteiger partial charge in [0.15, 0.2) is 17.9 Å². The van der Waals surface area contributed by atoms with Crippen LogP contribution in [0.5, 0.6) is 0 Å². The highest BCUT2D eigenvalue weighted by Gasteiger charge is 2.69. The fraction of sp³-hybridized carbons (Fsp3) is 0.312. The Morgan fingerprint density at radius 1 is 1.02 bits per heavy atom. The zero-order chi connectivity index (χ0) is 30.9. The van der Waals surface area contributed by atoms with E-state index in [-0.39, 0.29) is 20.4 Å². The van der Waals surface area contributed by atoms with Crippen molar-refractivity contribution in [2.75, 3.05) is 5.73 Å².